The van der Waals surface area contributed by atoms with Gasteiger partial charge in [0.2, 0.25) is 34.8 Å². The molecule has 4 amide bonds. The van der Waals surface area contributed by atoms with Gasteiger partial charge in [-0.2, -0.15) is 0 Å². The predicted octanol–water partition coefficient (Wildman–Crippen LogP) is 14.6. The Morgan fingerprint density at radius 1 is 0.504 bits per heavy atom. The third kappa shape index (κ3) is 30.0. The van der Waals surface area contributed by atoms with Crippen LogP contribution in [0.25, 0.3) is 44.6 Å². The minimum Gasteiger partial charge on any atom is -0.508 e. The quantitative estimate of drug-likeness (QED) is 0.00892. The van der Waals surface area contributed by atoms with E-state index >= 15 is 0 Å². The Bertz CT molecular complexity index is 4980. The number of fused-ring (bicyclic) bond motifs is 10. The van der Waals surface area contributed by atoms with Crippen molar-refractivity contribution in [2.24, 2.45) is 0 Å². The van der Waals surface area contributed by atoms with Crippen LogP contribution in [0.1, 0.15) is 311 Å². The zero-order chi connectivity index (χ0) is 94.1. The van der Waals surface area contributed by atoms with Crippen LogP contribution in [0.3, 0.4) is 0 Å². The average Bonchev–Trinajstić information content (AvgIpc) is 1.63. The summed E-state index contributed by atoms with van der Waals surface area (Å²) < 4.78 is 31.2. The van der Waals surface area contributed by atoms with Gasteiger partial charge in [-0.1, -0.05) is 193 Å². The van der Waals surface area contributed by atoms with Crippen LogP contribution in [0.5, 0.6) is 5.75 Å². The average molecular weight is 1790 g/mol. The van der Waals surface area contributed by atoms with Gasteiger partial charge in [0.05, 0.1) is 58.0 Å². The Balaban J connectivity index is 0.000000296. The molecule has 8 heterocycles. The lowest BCUT2D eigenvalue weighted by Crippen LogP contribution is -2.48. The molecule has 6 aromatic rings. The van der Waals surface area contributed by atoms with Crippen molar-refractivity contribution in [2.45, 2.75) is 335 Å². The number of benzene rings is 2. The van der Waals surface area contributed by atoms with Gasteiger partial charge in [0.15, 0.2) is 0 Å². The maximum Gasteiger partial charge on any atom is 0.355 e. The number of aryl methyl sites for hydroxylation is 1. The number of aromatic nitrogens is 4. The molecule has 0 radical (unpaired) electrons. The number of carbonyl (C=O) groups is 10. The second-order valence-corrected chi connectivity index (χ2v) is 36.7. The van der Waals surface area contributed by atoms with Gasteiger partial charge in [-0.15, -0.1) is 0 Å². The number of pyridine rings is 4. The molecule has 0 saturated heterocycles. The lowest BCUT2D eigenvalue weighted by atomic mass is 9.85. The van der Waals surface area contributed by atoms with Crippen LogP contribution in [0, 0.1) is 6.92 Å². The molecule has 6 N–H and O–H groups in total. The molecule has 30 heteroatoms. The number of carboxylic acids is 1. The molecule has 0 unspecified atom stereocenters. The molecule has 4 atom stereocenters. The Morgan fingerprint density at radius 2 is 0.930 bits per heavy atom. The van der Waals surface area contributed by atoms with Crippen molar-refractivity contribution in [2.75, 3.05) is 62.0 Å². The smallest absolute Gasteiger partial charge is 0.355 e. The standard InChI is InChI=1S/C48H66N4O9.C46H63N5O10.C5H14N2/c1-7-9-10-11-12-13-14-15-16-17-18-19-20-21-41(54)50-38(45(57)61-47(4,5)6)24-25-40(53)49-29-42(55)60-48(8-2)36-28-39-43-34(27-33-26-32(3)22-23-37(33)51-43)30-52(39)44(56)35(36)31-59-46(48)58;1-5-7-8-9-10-11-12-13-14-15-16-17-18-19-40(54)48-37(44(57)58)22-23-39(53)47-26-41(55)61-46(6-2)35-25-38-42-33(28-51(38)43(56)34(35)29-60-45(46)59)32(27-50(3)4)31-24-30(52)20-21-36(31)49-42;1-6(2)5-7(3)4/h22-23,26-28,38H,7-21,24-25,29-31H2,1-6H3,(H,49,53)(H,50,54);20-21,24-25,37,52H,5-19,22-23,26-29H2,1-4H3,(H,47,53)(H,48,54)(H,57,58);5H2,1-4H3/t38-,48-;37-,46-;/m00./s1. The minimum absolute atomic E-state index is 0.0325. The number of amides is 4. The topological polar surface area (TPSA) is 385 Å². The van der Waals surface area contributed by atoms with Crippen LogP contribution >= 0.6 is 0 Å². The van der Waals surface area contributed by atoms with E-state index in [4.69, 9.17) is 33.7 Å². The molecular formula is C99H143N11O19. The highest BCUT2D eigenvalue weighted by Crippen LogP contribution is 2.45. The third-order valence-electron chi connectivity index (χ3n) is 23.9. The molecule has 0 aliphatic carbocycles. The number of carbonyl (C=O) groups excluding carboxylic acids is 9. The number of cyclic esters (lactones) is 2. The first kappa shape index (κ1) is 104. The van der Waals surface area contributed by atoms with Crippen LogP contribution < -0.4 is 32.4 Å². The van der Waals surface area contributed by atoms with Crippen LogP contribution in [0.4, 0.5) is 0 Å². The van der Waals surface area contributed by atoms with Crippen LogP contribution in [0.2, 0.25) is 0 Å². The van der Waals surface area contributed by atoms with Gasteiger partial charge in [0.25, 0.3) is 11.1 Å². The zero-order valence-corrected chi connectivity index (χ0v) is 79.0. The van der Waals surface area contributed by atoms with Crippen molar-refractivity contribution in [3.8, 4) is 28.5 Å². The number of nitrogens with one attached hydrogen (secondary N) is 4. The largest absolute Gasteiger partial charge is 0.508 e. The first-order chi connectivity index (χ1) is 61.6. The summed E-state index contributed by atoms with van der Waals surface area (Å²) in [5.41, 5.74) is 2.34. The Kier molecular flexibility index (Phi) is 40.8. The summed E-state index contributed by atoms with van der Waals surface area (Å²) in [5.74, 6) is -7.32. The minimum atomic E-state index is -1.99. The molecule has 0 fully saturated rings. The fraction of sp³-hybridized carbons (Fsp3) is 0.616. The van der Waals surface area contributed by atoms with Crippen molar-refractivity contribution in [3.05, 3.63) is 120 Å². The molecule has 0 spiro atoms. The molecule has 4 aliphatic rings. The van der Waals surface area contributed by atoms with E-state index < -0.39 is 101 Å². The van der Waals surface area contributed by atoms with Gasteiger partial charge in [-0.25, -0.2) is 29.1 Å². The number of aromatic hydroxyl groups is 1. The van der Waals surface area contributed by atoms with E-state index in [-0.39, 0.29) is 111 Å². The molecule has 4 aromatic heterocycles. The van der Waals surface area contributed by atoms with Crippen LogP contribution in [-0.4, -0.2) is 183 Å². The predicted molar refractivity (Wildman–Crippen MR) is 495 cm³/mol. The number of carboxylic acid groups (broad SMARTS) is 1. The van der Waals surface area contributed by atoms with Gasteiger partial charge in [-0.05, 0) is 163 Å². The van der Waals surface area contributed by atoms with E-state index in [1.807, 2.05) is 50.2 Å². The van der Waals surface area contributed by atoms with Crippen molar-refractivity contribution in [1.82, 2.24) is 55.1 Å². The molecule has 129 heavy (non-hydrogen) atoms. The van der Waals surface area contributed by atoms with E-state index in [1.165, 1.54) is 122 Å². The molecule has 0 saturated carbocycles. The highest BCUT2D eigenvalue weighted by Gasteiger charge is 2.52. The summed E-state index contributed by atoms with van der Waals surface area (Å²) in [6.45, 7) is 15.1. The number of ether oxygens (including phenoxy) is 5. The van der Waals surface area contributed by atoms with Gasteiger partial charge < -0.3 is 69.2 Å². The monoisotopic (exact) mass is 1790 g/mol. The lowest BCUT2D eigenvalue weighted by molar-refractivity contribution is -0.189. The number of phenolic OH excluding ortho intramolecular Hbond substituents is 1. The summed E-state index contributed by atoms with van der Waals surface area (Å²) in [5, 5.41) is 31.9. The number of aliphatic carboxylic acids is 1. The molecule has 0 bridgehead atoms. The van der Waals surface area contributed by atoms with E-state index in [2.05, 4.69) is 73.1 Å². The Morgan fingerprint density at radius 3 is 1.36 bits per heavy atom. The third-order valence-corrected chi connectivity index (χ3v) is 23.9. The summed E-state index contributed by atoms with van der Waals surface area (Å²) in [6.07, 6.45) is 30.3. The number of phenols is 1. The molecular weight excluding hydrogens is 1650 g/mol. The second kappa shape index (κ2) is 50.6. The Labute approximate surface area is 760 Å². The van der Waals surface area contributed by atoms with E-state index in [0.29, 0.717) is 54.2 Å². The van der Waals surface area contributed by atoms with Crippen molar-refractivity contribution in [3.63, 3.8) is 0 Å². The van der Waals surface area contributed by atoms with E-state index in [1.54, 1.807) is 68.0 Å². The van der Waals surface area contributed by atoms with Crippen LogP contribution in [-0.2, 0) is 116 Å². The molecule has 708 valence electrons. The maximum absolute atomic E-state index is 14.1. The number of hydrogen-bond acceptors (Lipinski definition) is 23. The lowest BCUT2D eigenvalue weighted by Gasteiger charge is -2.35. The normalized spacial score (nSPS) is 15.6. The summed E-state index contributed by atoms with van der Waals surface area (Å²) in [6, 6.07) is 13.8. The van der Waals surface area contributed by atoms with Gasteiger partial charge >= 0.3 is 35.8 Å². The summed E-state index contributed by atoms with van der Waals surface area (Å²) in [4.78, 5) is 174. The molecule has 4 aliphatic heterocycles. The van der Waals surface area contributed by atoms with Gasteiger partial charge in [0.1, 0.15) is 49.7 Å². The van der Waals surface area contributed by atoms with Gasteiger partial charge in [0, 0.05) is 71.9 Å². The zero-order valence-electron chi connectivity index (χ0n) is 79.0. The maximum atomic E-state index is 14.1. The van der Waals surface area contributed by atoms with Crippen LogP contribution in [0.15, 0.2) is 64.2 Å². The number of rotatable bonds is 50. The van der Waals surface area contributed by atoms with Gasteiger partial charge in [-0.3, -0.25) is 48.2 Å². The number of esters is 5. The first-order valence-electron chi connectivity index (χ1n) is 47.0. The molecule has 2 aromatic carbocycles. The number of unbranched alkanes of at least 4 members (excludes halogenated alkanes) is 24. The highest BCUT2D eigenvalue weighted by atomic mass is 16.6. The summed E-state index contributed by atoms with van der Waals surface area (Å²) in [7, 11) is 12.1. The molecule has 10 rings (SSSR count). The van der Waals surface area contributed by atoms with E-state index in [9.17, 15) is 67.7 Å². The van der Waals surface area contributed by atoms with Crippen molar-refractivity contribution < 1.29 is 81.8 Å². The Hall–Kier alpha value is -10.5. The SMILES string of the molecule is CCCCCCCCCCCCCCCC(=O)N[C@@H](CCC(=O)NCC(=O)O[C@]1(CC)C(=O)OCc2c1cc1n(c2=O)Cc2c-1nc1ccc(O)cc1c2CN(C)C)C(=O)O.CCCCCCCCCCCCCCCC(=O)N[C@@H](CCC(=O)NCC(=O)O[C@]1(CC)C(=O)OCc2c1cc1n(c2=O)Cc2cc3cc(C)ccc3nc2-1)C(=O)OC(C)(C)C.CN(C)CN(C)C. The summed E-state index contributed by atoms with van der Waals surface area (Å²) >= 11 is 0. The van der Waals surface area contributed by atoms with Crippen molar-refractivity contribution in [1.29, 1.82) is 0 Å². The van der Waals surface area contributed by atoms with E-state index in [0.717, 1.165) is 83.7 Å². The highest BCUT2D eigenvalue weighted by molar-refractivity contribution is 5.94. The second-order valence-electron chi connectivity index (χ2n) is 36.7. The molecule has 30 nitrogen and oxygen atoms in total. The fourth-order valence-corrected chi connectivity index (χ4v) is 17.2. The number of hydrogen-bond donors (Lipinski definition) is 6. The number of nitrogens with zero attached hydrogens (tertiary/aromatic N) is 7. The first-order valence-corrected chi connectivity index (χ1v) is 47.0. The van der Waals surface area contributed by atoms with Crippen molar-refractivity contribution >= 4 is 81.3 Å². The fourth-order valence-electron chi connectivity index (χ4n) is 17.2.